The van der Waals surface area contributed by atoms with Gasteiger partial charge in [0, 0.05) is 31.9 Å². The number of carbonyl (C=O) groups excluding carboxylic acids is 1. The van der Waals surface area contributed by atoms with Crippen molar-refractivity contribution in [1.29, 1.82) is 0 Å². The molecule has 7 heteroatoms. The SMILES string of the molecule is BrC1=CC=CC=CC1.C=O.CC.CC.CC.COC.COc1cc2cncnc2cc1OC. The number of hydrogen-bond acceptors (Lipinski definition) is 6. The summed E-state index contributed by atoms with van der Waals surface area (Å²) in [7, 11) is 6.46. The molecular weight excluding hydrogens is 484 g/mol. The molecule has 0 unspecified atom stereocenters. The van der Waals surface area contributed by atoms with Crippen LogP contribution in [0.5, 0.6) is 11.5 Å². The topological polar surface area (TPSA) is 70.5 Å². The lowest BCUT2D eigenvalue weighted by Crippen LogP contribution is -1.91. The van der Waals surface area contributed by atoms with Gasteiger partial charge in [0.1, 0.15) is 13.1 Å². The Morgan fingerprint density at radius 1 is 0.848 bits per heavy atom. The van der Waals surface area contributed by atoms with E-state index in [2.05, 4.69) is 42.8 Å². The van der Waals surface area contributed by atoms with Crippen LogP contribution in [0.25, 0.3) is 10.9 Å². The third-order valence-corrected chi connectivity index (χ3v) is 3.55. The fourth-order valence-corrected chi connectivity index (χ4v) is 2.20. The van der Waals surface area contributed by atoms with Crippen molar-refractivity contribution in [3.8, 4) is 11.5 Å². The summed E-state index contributed by atoms with van der Waals surface area (Å²) < 4.78 is 15.8. The van der Waals surface area contributed by atoms with Crippen molar-refractivity contribution in [3.63, 3.8) is 0 Å². The average Bonchev–Trinajstić information content (AvgIpc) is 3.16. The minimum atomic E-state index is 0.679. The van der Waals surface area contributed by atoms with Crippen molar-refractivity contribution in [2.24, 2.45) is 0 Å². The molecule has 1 aromatic heterocycles. The quantitative estimate of drug-likeness (QED) is 0.401. The second-order valence-electron chi connectivity index (χ2n) is 4.83. The Morgan fingerprint density at radius 2 is 1.36 bits per heavy atom. The second-order valence-corrected chi connectivity index (χ2v) is 5.85. The standard InChI is InChI=1S/C10H10N2O2.C7H7Br.C2H6O.3C2H6.CH2O/c1-13-9-3-7-5-11-6-12-8(7)4-10(9)14-2;8-7-5-3-1-2-4-6-7;1-3-2;4*1-2/h3-6H,1-2H3;1-5H,6H2;1-2H3;3*1-2H3;1H2. The van der Waals surface area contributed by atoms with Gasteiger partial charge in [-0.3, -0.25) is 0 Å². The Bertz CT molecular complexity index is 721. The van der Waals surface area contributed by atoms with E-state index in [9.17, 15) is 0 Å². The number of rotatable bonds is 2. The Morgan fingerprint density at radius 3 is 1.88 bits per heavy atom. The van der Waals surface area contributed by atoms with Crippen LogP contribution in [0.1, 0.15) is 48.0 Å². The van der Waals surface area contributed by atoms with Gasteiger partial charge < -0.3 is 19.0 Å². The Hall–Kier alpha value is -2.51. The zero-order valence-electron chi connectivity index (χ0n) is 22.0. The third-order valence-electron chi connectivity index (χ3n) is 2.96. The van der Waals surface area contributed by atoms with Gasteiger partial charge in [0.15, 0.2) is 11.5 Å². The van der Waals surface area contributed by atoms with Crippen LogP contribution in [-0.2, 0) is 9.53 Å². The van der Waals surface area contributed by atoms with E-state index < -0.39 is 0 Å². The summed E-state index contributed by atoms with van der Waals surface area (Å²) in [5.74, 6) is 1.37. The predicted molar refractivity (Wildman–Crippen MR) is 147 cm³/mol. The van der Waals surface area contributed by atoms with E-state index in [-0.39, 0.29) is 0 Å². The van der Waals surface area contributed by atoms with Crippen molar-refractivity contribution >= 4 is 33.6 Å². The van der Waals surface area contributed by atoms with E-state index in [0.29, 0.717) is 11.5 Å². The number of methoxy groups -OCH3 is 3. The predicted octanol–water partition coefficient (Wildman–Crippen LogP) is 7.58. The Balaban J connectivity index is -0.000000189. The van der Waals surface area contributed by atoms with E-state index in [1.165, 1.54) is 10.8 Å². The lowest BCUT2D eigenvalue weighted by molar-refractivity contribution is -0.0979. The fourth-order valence-electron chi connectivity index (χ4n) is 1.86. The molecule has 2 aromatic rings. The smallest absolute Gasteiger partial charge is 0.162 e. The largest absolute Gasteiger partial charge is 0.493 e. The molecule has 0 amide bonds. The van der Waals surface area contributed by atoms with Crippen molar-refractivity contribution in [1.82, 2.24) is 9.97 Å². The highest BCUT2D eigenvalue weighted by molar-refractivity contribution is 9.11. The van der Waals surface area contributed by atoms with Crippen LogP contribution in [-0.4, -0.2) is 45.2 Å². The van der Waals surface area contributed by atoms with Crippen LogP contribution in [0.3, 0.4) is 0 Å². The van der Waals surface area contributed by atoms with E-state index >= 15 is 0 Å². The summed E-state index contributed by atoms with van der Waals surface area (Å²) in [6.07, 6.45) is 14.5. The summed E-state index contributed by atoms with van der Waals surface area (Å²) in [5.41, 5.74) is 0.845. The molecule has 1 aliphatic carbocycles. The summed E-state index contributed by atoms with van der Waals surface area (Å²) >= 11 is 3.40. The van der Waals surface area contributed by atoms with Crippen molar-refractivity contribution in [2.75, 3.05) is 28.4 Å². The van der Waals surface area contributed by atoms with Gasteiger partial charge >= 0.3 is 0 Å². The molecule has 0 bridgehead atoms. The van der Waals surface area contributed by atoms with Crippen molar-refractivity contribution in [3.05, 3.63) is 59.5 Å². The summed E-state index contributed by atoms with van der Waals surface area (Å²) in [6.45, 7) is 14.0. The van der Waals surface area contributed by atoms with E-state index in [4.69, 9.17) is 14.3 Å². The van der Waals surface area contributed by atoms with Gasteiger partial charge in [0.2, 0.25) is 0 Å². The molecule has 0 saturated carbocycles. The number of benzene rings is 1. The number of halogens is 1. The van der Waals surface area contributed by atoms with Crippen molar-refractivity contribution < 1.29 is 19.0 Å². The molecule has 188 valence electrons. The summed E-state index contributed by atoms with van der Waals surface area (Å²) in [6, 6.07) is 3.68. The molecular formula is C26H43BrN2O4. The van der Waals surface area contributed by atoms with Crippen LogP contribution in [0.2, 0.25) is 0 Å². The van der Waals surface area contributed by atoms with Crippen LogP contribution < -0.4 is 9.47 Å². The van der Waals surface area contributed by atoms with E-state index in [1.807, 2.05) is 78.7 Å². The molecule has 0 saturated heterocycles. The monoisotopic (exact) mass is 526 g/mol. The van der Waals surface area contributed by atoms with Crippen LogP contribution in [0.4, 0.5) is 0 Å². The highest BCUT2D eigenvalue weighted by atomic mass is 79.9. The first-order valence-corrected chi connectivity index (χ1v) is 11.6. The van der Waals surface area contributed by atoms with Crippen LogP contribution >= 0.6 is 15.9 Å². The maximum Gasteiger partial charge on any atom is 0.162 e. The first-order valence-electron chi connectivity index (χ1n) is 10.8. The van der Waals surface area contributed by atoms with Gasteiger partial charge in [0.25, 0.3) is 0 Å². The number of fused-ring (bicyclic) bond motifs is 1. The molecule has 0 atom stereocenters. The molecule has 0 radical (unpaired) electrons. The highest BCUT2D eigenvalue weighted by Crippen LogP contribution is 2.30. The number of nitrogens with zero attached hydrogens (tertiary/aromatic N) is 2. The van der Waals surface area contributed by atoms with Gasteiger partial charge in [-0.2, -0.15) is 0 Å². The molecule has 33 heavy (non-hydrogen) atoms. The number of carbonyl (C=O) groups is 1. The van der Waals surface area contributed by atoms with Gasteiger partial charge in [-0.25, -0.2) is 9.97 Å². The first kappa shape index (κ1) is 37.8. The maximum absolute atomic E-state index is 8.00. The normalized spacial score (nSPS) is 9.85. The zero-order valence-corrected chi connectivity index (χ0v) is 23.6. The number of allylic oxidation sites excluding steroid dienone is 6. The Labute approximate surface area is 209 Å². The third kappa shape index (κ3) is 19.9. The minimum absolute atomic E-state index is 0.679. The molecule has 1 aliphatic rings. The van der Waals surface area contributed by atoms with Gasteiger partial charge in [0.05, 0.1) is 19.7 Å². The molecule has 0 fully saturated rings. The van der Waals surface area contributed by atoms with Gasteiger partial charge in [-0.1, -0.05) is 87.9 Å². The van der Waals surface area contributed by atoms with Crippen LogP contribution in [0, 0.1) is 0 Å². The lowest BCUT2D eigenvalue weighted by atomic mass is 10.2. The maximum atomic E-state index is 8.00. The molecule has 1 heterocycles. The molecule has 1 aromatic carbocycles. The molecule has 0 N–H and O–H groups in total. The Kier molecular flexibility index (Phi) is 36.3. The molecule has 6 nitrogen and oxygen atoms in total. The van der Waals surface area contributed by atoms with E-state index in [1.54, 1.807) is 34.6 Å². The number of ether oxygens (including phenoxy) is 3. The molecule has 0 aliphatic heterocycles. The lowest BCUT2D eigenvalue weighted by Gasteiger charge is -2.07. The number of hydrogen-bond donors (Lipinski definition) is 0. The summed E-state index contributed by atoms with van der Waals surface area (Å²) in [5, 5.41) is 0.935. The summed E-state index contributed by atoms with van der Waals surface area (Å²) in [4.78, 5) is 16.1. The fraction of sp³-hybridized carbons (Fsp3) is 0.423. The van der Waals surface area contributed by atoms with E-state index in [0.717, 1.165) is 17.3 Å². The zero-order chi connectivity index (χ0) is 26.5. The minimum Gasteiger partial charge on any atom is -0.493 e. The van der Waals surface area contributed by atoms with Crippen molar-refractivity contribution in [2.45, 2.75) is 48.0 Å². The number of aromatic nitrogens is 2. The molecule has 0 spiro atoms. The van der Waals surface area contributed by atoms with Gasteiger partial charge in [-0.05, 0) is 17.0 Å². The second kappa shape index (κ2) is 31.7. The first-order chi connectivity index (χ1) is 16.2. The molecule has 3 rings (SSSR count). The van der Waals surface area contributed by atoms with Gasteiger partial charge in [-0.15, -0.1) is 0 Å². The average molecular weight is 528 g/mol. The highest BCUT2D eigenvalue weighted by Gasteiger charge is 2.05. The van der Waals surface area contributed by atoms with Crippen LogP contribution in [0.15, 0.2) is 59.5 Å².